The summed E-state index contributed by atoms with van der Waals surface area (Å²) < 4.78 is 20.2. The zero-order chi connectivity index (χ0) is 22.4. The Morgan fingerprint density at radius 1 is 1.31 bits per heavy atom. The SMILES string of the molecule is C=CC(=O)N[C@@H]1CCN(c2snc3c(F)c(-c4cc(O)cc5ccccc45)c(Cl)cc23)C1. The number of nitrogens with zero attached hydrogens (tertiary/aromatic N) is 2. The van der Waals surface area contributed by atoms with Crippen LogP contribution in [-0.4, -0.2) is 34.5 Å². The first kappa shape index (κ1) is 20.7. The maximum atomic E-state index is 15.8. The molecule has 0 unspecified atom stereocenters. The zero-order valence-electron chi connectivity index (χ0n) is 16.9. The first-order valence-electron chi connectivity index (χ1n) is 10.1. The van der Waals surface area contributed by atoms with Gasteiger partial charge >= 0.3 is 0 Å². The summed E-state index contributed by atoms with van der Waals surface area (Å²) in [5.74, 6) is -0.678. The van der Waals surface area contributed by atoms with Crippen LogP contribution in [0.5, 0.6) is 5.75 Å². The van der Waals surface area contributed by atoms with Gasteiger partial charge < -0.3 is 15.3 Å². The van der Waals surface area contributed by atoms with Gasteiger partial charge in [-0.15, -0.1) is 0 Å². The number of carbonyl (C=O) groups excluding carboxylic acids is 1. The van der Waals surface area contributed by atoms with Crippen LogP contribution in [0.1, 0.15) is 6.42 Å². The average molecular weight is 468 g/mol. The molecule has 32 heavy (non-hydrogen) atoms. The summed E-state index contributed by atoms with van der Waals surface area (Å²) in [6.45, 7) is 4.81. The predicted molar refractivity (Wildman–Crippen MR) is 128 cm³/mol. The smallest absolute Gasteiger partial charge is 0.243 e. The number of fused-ring (bicyclic) bond motifs is 2. The van der Waals surface area contributed by atoms with Crippen molar-refractivity contribution in [3.05, 3.63) is 66.0 Å². The van der Waals surface area contributed by atoms with Crippen molar-refractivity contribution in [3.8, 4) is 16.9 Å². The second kappa shape index (κ2) is 8.07. The lowest BCUT2D eigenvalue weighted by Crippen LogP contribution is -2.35. The average Bonchev–Trinajstić information content (AvgIpc) is 3.40. The van der Waals surface area contributed by atoms with Crippen LogP contribution in [0.15, 0.2) is 55.1 Å². The van der Waals surface area contributed by atoms with Crippen molar-refractivity contribution in [2.24, 2.45) is 0 Å². The molecule has 5 nitrogen and oxygen atoms in total. The second-order valence-corrected chi connectivity index (χ2v) is 8.95. The van der Waals surface area contributed by atoms with Crippen LogP contribution in [-0.2, 0) is 4.79 Å². The molecular weight excluding hydrogens is 449 g/mol. The number of hydrogen-bond acceptors (Lipinski definition) is 5. The highest BCUT2D eigenvalue weighted by atomic mass is 35.5. The van der Waals surface area contributed by atoms with Crippen LogP contribution >= 0.6 is 23.1 Å². The first-order valence-corrected chi connectivity index (χ1v) is 11.3. The molecule has 1 saturated heterocycles. The van der Waals surface area contributed by atoms with Crippen molar-refractivity contribution in [1.82, 2.24) is 9.69 Å². The number of phenolic OH excluding ortho intramolecular Hbond substituents is 1. The zero-order valence-corrected chi connectivity index (χ0v) is 18.5. The van der Waals surface area contributed by atoms with Gasteiger partial charge in [-0.1, -0.05) is 42.4 Å². The summed E-state index contributed by atoms with van der Waals surface area (Å²) in [6, 6.07) is 12.4. The molecular formula is C24H19ClFN3O2S. The summed E-state index contributed by atoms with van der Waals surface area (Å²) in [5, 5.41) is 16.4. The lowest BCUT2D eigenvalue weighted by molar-refractivity contribution is -0.117. The van der Waals surface area contributed by atoms with Gasteiger partial charge in [-0.3, -0.25) is 4.79 Å². The van der Waals surface area contributed by atoms with Gasteiger partial charge in [0.15, 0.2) is 5.82 Å². The summed E-state index contributed by atoms with van der Waals surface area (Å²) in [6.07, 6.45) is 2.04. The number of nitrogens with one attached hydrogen (secondary N) is 1. The number of aromatic hydroxyl groups is 1. The number of carbonyl (C=O) groups is 1. The fourth-order valence-electron chi connectivity index (χ4n) is 4.30. The van der Waals surface area contributed by atoms with E-state index >= 15 is 4.39 Å². The third kappa shape index (κ3) is 3.47. The molecule has 1 aliphatic rings. The number of phenols is 1. The quantitative estimate of drug-likeness (QED) is 0.389. The van der Waals surface area contributed by atoms with E-state index in [-0.39, 0.29) is 33.8 Å². The Hall–Kier alpha value is -3.16. The van der Waals surface area contributed by atoms with Crippen molar-refractivity contribution in [2.75, 3.05) is 18.0 Å². The molecule has 1 aromatic heterocycles. The number of anilines is 1. The molecule has 3 aromatic carbocycles. The largest absolute Gasteiger partial charge is 0.508 e. The van der Waals surface area contributed by atoms with Crippen LogP contribution in [0.3, 0.4) is 0 Å². The van der Waals surface area contributed by atoms with Crippen LogP contribution < -0.4 is 10.2 Å². The third-order valence-corrected chi connectivity index (χ3v) is 6.99. The van der Waals surface area contributed by atoms with E-state index in [2.05, 4.69) is 21.2 Å². The Balaban J connectivity index is 1.58. The van der Waals surface area contributed by atoms with Gasteiger partial charge in [0.1, 0.15) is 16.3 Å². The van der Waals surface area contributed by atoms with Gasteiger partial charge in [-0.25, -0.2) is 4.39 Å². The van der Waals surface area contributed by atoms with E-state index in [0.717, 1.165) is 28.7 Å². The number of hydrogen-bond donors (Lipinski definition) is 2. The first-order chi connectivity index (χ1) is 15.5. The number of rotatable bonds is 4. The molecule has 0 spiro atoms. The normalized spacial score (nSPS) is 16.1. The minimum atomic E-state index is -0.513. The fraction of sp³-hybridized carbons (Fsp3) is 0.167. The second-order valence-electron chi connectivity index (χ2n) is 7.79. The van der Waals surface area contributed by atoms with Crippen molar-refractivity contribution >= 4 is 55.7 Å². The van der Waals surface area contributed by atoms with E-state index in [1.165, 1.54) is 23.7 Å². The van der Waals surface area contributed by atoms with Crippen molar-refractivity contribution in [3.63, 3.8) is 0 Å². The highest BCUT2D eigenvalue weighted by Gasteiger charge is 2.28. The number of halogens is 2. The van der Waals surface area contributed by atoms with E-state index in [4.69, 9.17) is 11.6 Å². The Morgan fingerprint density at radius 3 is 2.94 bits per heavy atom. The predicted octanol–water partition coefficient (Wildman–Crippen LogP) is 5.50. The van der Waals surface area contributed by atoms with Gasteiger partial charge in [0.2, 0.25) is 5.91 Å². The summed E-state index contributed by atoms with van der Waals surface area (Å²) in [4.78, 5) is 13.7. The van der Waals surface area contributed by atoms with Crippen molar-refractivity contribution < 1.29 is 14.3 Å². The fourth-order valence-corrected chi connectivity index (χ4v) is 5.48. The minimum Gasteiger partial charge on any atom is -0.508 e. The van der Waals surface area contributed by atoms with Gasteiger partial charge in [0.05, 0.1) is 5.02 Å². The molecule has 0 saturated carbocycles. The molecule has 1 aliphatic heterocycles. The molecule has 1 amide bonds. The lowest BCUT2D eigenvalue weighted by atomic mass is 9.96. The van der Waals surface area contributed by atoms with Gasteiger partial charge in [-0.2, -0.15) is 4.37 Å². The van der Waals surface area contributed by atoms with Crippen LogP contribution in [0.25, 0.3) is 32.8 Å². The van der Waals surface area contributed by atoms with Gasteiger partial charge in [-0.05, 0) is 58.6 Å². The summed E-state index contributed by atoms with van der Waals surface area (Å²) in [7, 11) is 0. The Morgan fingerprint density at radius 2 is 2.12 bits per heavy atom. The van der Waals surface area contributed by atoms with Gasteiger partial charge in [0.25, 0.3) is 0 Å². The number of amides is 1. The van der Waals surface area contributed by atoms with E-state index in [9.17, 15) is 9.90 Å². The number of benzene rings is 3. The highest BCUT2D eigenvalue weighted by Crippen LogP contribution is 2.44. The van der Waals surface area contributed by atoms with E-state index in [0.29, 0.717) is 17.5 Å². The molecule has 162 valence electrons. The highest BCUT2D eigenvalue weighted by molar-refractivity contribution is 7.11. The van der Waals surface area contributed by atoms with Crippen LogP contribution in [0, 0.1) is 5.82 Å². The van der Waals surface area contributed by atoms with Crippen LogP contribution in [0.4, 0.5) is 9.39 Å². The molecule has 8 heteroatoms. The molecule has 0 radical (unpaired) electrons. The Labute approximate surface area is 192 Å². The summed E-state index contributed by atoms with van der Waals surface area (Å²) >= 11 is 7.83. The van der Waals surface area contributed by atoms with Crippen LogP contribution in [0.2, 0.25) is 5.02 Å². The number of aromatic nitrogens is 1. The Kier molecular flexibility index (Phi) is 5.23. The molecule has 2 N–H and O–H groups in total. The third-order valence-electron chi connectivity index (χ3n) is 5.77. The summed E-state index contributed by atoms with van der Waals surface area (Å²) in [5.41, 5.74) is 0.990. The molecule has 0 bridgehead atoms. The van der Waals surface area contributed by atoms with Crippen molar-refractivity contribution in [1.29, 1.82) is 0 Å². The van der Waals surface area contributed by atoms with Gasteiger partial charge in [0, 0.05) is 30.1 Å². The van der Waals surface area contributed by atoms with E-state index in [1.807, 2.05) is 24.3 Å². The molecule has 5 rings (SSSR count). The van der Waals surface area contributed by atoms with Crippen molar-refractivity contribution in [2.45, 2.75) is 12.5 Å². The van der Waals surface area contributed by atoms with E-state index in [1.54, 1.807) is 12.1 Å². The standard InChI is InChI=1S/C24H19ClFN3O2S/c1-2-20(31)27-14-7-8-29(12-14)24-18-11-19(25)21(22(26)23(18)28-32-24)17-10-15(30)9-13-5-3-4-6-16(13)17/h2-6,9-11,14,30H,1,7-8,12H2,(H,27,31)/t14-/m1/s1. The molecule has 2 heterocycles. The molecule has 1 atom stereocenters. The molecule has 0 aliphatic carbocycles. The Bertz CT molecular complexity index is 1390. The monoisotopic (exact) mass is 467 g/mol. The maximum absolute atomic E-state index is 15.8. The minimum absolute atomic E-state index is 0.00380. The lowest BCUT2D eigenvalue weighted by Gasteiger charge is -2.17. The van der Waals surface area contributed by atoms with E-state index < -0.39 is 5.82 Å². The molecule has 4 aromatic rings. The topological polar surface area (TPSA) is 65.5 Å². The maximum Gasteiger partial charge on any atom is 0.243 e. The molecule has 1 fully saturated rings.